The number of rotatable bonds is 2. The van der Waals surface area contributed by atoms with Crippen molar-refractivity contribution in [2.75, 3.05) is 6.54 Å². The number of halogens is 3. The highest BCUT2D eigenvalue weighted by Gasteiger charge is 2.15. The Labute approximate surface area is 77.3 Å². The van der Waals surface area contributed by atoms with Crippen LogP contribution in [0.4, 0.5) is 13.2 Å². The Morgan fingerprint density at radius 1 is 1.29 bits per heavy atom. The Morgan fingerprint density at radius 2 is 1.79 bits per heavy atom. The van der Waals surface area contributed by atoms with Crippen molar-refractivity contribution in [3.63, 3.8) is 0 Å². The summed E-state index contributed by atoms with van der Waals surface area (Å²) in [6, 6.07) is 0.810. The number of ether oxygens (including phenoxy) is 1. The SMILES string of the molecule is NCC(=O)Oc1c(F)cc(F)cc1F. The summed E-state index contributed by atoms with van der Waals surface area (Å²) in [5.74, 6) is -5.61. The Morgan fingerprint density at radius 3 is 2.21 bits per heavy atom. The summed E-state index contributed by atoms with van der Waals surface area (Å²) in [6.07, 6.45) is 0. The zero-order valence-corrected chi connectivity index (χ0v) is 6.89. The van der Waals surface area contributed by atoms with Crippen LogP contribution in [-0.2, 0) is 4.79 Å². The Hall–Kier alpha value is -1.56. The van der Waals surface area contributed by atoms with Crippen LogP contribution < -0.4 is 10.5 Å². The molecule has 2 N–H and O–H groups in total. The van der Waals surface area contributed by atoms with Gasteiger partial charge in [-0.15, -0.1) is 0 Å². The van der Waals surface area contributed by atoms with E-state index >= 15 is 0 Å². The number of carbonyl (C=O) groups is 1. The van der Waals surface area contributed by atoms with E-state index in [1.165, 1.54) is 0 Å². The zero-order chi connectivity index (χ0) is 10.7. The van der Waals surface area contributed by atoms with Crippen LogP contribution in [0.15, 0.2) is 12.1 Å². The van der Waals surface area contributed by atoms with Crippen molar-refractivity contribution in [1.29, 1.82) is 0 Å². The first-order valence-corrected chi connectivity index (χ1v) is 3.60. The third-order valence-corrected chi connectivity index (χ3v) is 1.35. The van der Waals surface area contributed by atoms with E-state index < -0.39 is 35.7 Å². The number of hydrogen-bond acceptors (Lipinski definition) is 3. The molecule has 0 amide bonds. The quantitative estimate of drug-likeness (QED) is 0.578. The summed E-state index contributed by atoms with van der Waals surface area (Å²) in [7, 11) is 0. The van der Waals surface area contributed by atoms with Gasteiger partial charge in [0.1, 0.15) is 5.82 Å². The molecule has 0 heterocycles. The van der Waals surface area contributed by atoms with Gasteiger partial charge < -0.3 is 10.5 Å². The fourth-order valence-electron chi connectivity index (χ4n) is 0.782. The molecule has 0 aromatic heterocycles. The average Bonchev–Trinajstić information content (AvgIpc) is 2.10. The normalized spacial score (nSPS) is 10.0. The third kappa shape index (κ3) is 2.23. The minimum atomic E-state index is -1.29. The molecule has 0 spiro atoms. The predicted molar refractivity (Wildman–Crippen MR) is 41.0 cm³/mol. The third-order valence-electron chi connectivity index (χ3n) is 1.35. The lowest BCUT2D eigenvalue weighted by molar-refractivity contribution is -0.133. The van der Waals surface area contributed by atoms with Crippen molar-refractivity contribution in [3.8, 4) is 5.75 Å². The number of nitrogens with two attached hydrogens (primary N) is 1. The first kappa shape index (κ1) is 10.5. The van der Waals surface area contributed by atoms with E-state index in [0.717, 1.165) is 0 Å². The molecule has 0 atom stereocenters. The molecule has 76 valence electrons. The van der Waals surface area contributed by atoms with Crippen LogP contribution in [0.1, 0.15) is 0 Å². The van der Waals surface area contributed by atoms with Gasteiger partial charge in [0.2, 0.25) is 5.75 Å². The maximum atomic E-state index is 12.8. The molecule has 6 heteroatoms. The van der Waals surface area contributed by atoms with Crippen LogP contribution in [0.5, 0.6) is 5.75 Å². The number of esters is 1. The first-order valence-electron chi connectivity index (χ1n) is 3.60. The van der Waals surface area contributed by atoms with Gasteiger partial charge in [0.05, 0.1) is 6.54 Å². The number of hydrogen-bond donors (Lipinski definition) is 1. The van der Waals surface area contributed by atoms with Crippen LogP contribution in [0.3, 0.4) is 0 Å². The van der Waals surface area contributed by atoms with E-state index in [2.05, 4.69) is 4.74 Å². The second kappa shape index (κ2) is 4.10. The fourth-order valence-corrected chi connectivity index (χ4v) is 0.782. The second-order valence-electron chi connectivity index (χ2n) is 2.38. The molecule has 0 saturated carbocycles. The first-order chi connectivity index (χ1) is 6.54. The van der Waals surface area contributed by atoms with E-state index in [0.29, 0.717) is 12.1 Å². The van der Waals surface area contributed by atoms with Gasteiger partial charge in [0.25, 0.3) is 0 Å². The van der Waals surface area contributed by atoms with E-state index in [9.17, 15) is 18.0 Å². The van der Waals surface area contributed by atoms with Crippen LogP contribution in [0.25, 0.3) is 0 Å². The van der Waals surface area contributed by atoms with E-state index in [1.807, 2.05) is 0 Å². The van der Waals surface area contributed by atoms with Crippen molar-refractivity contribution in [1.82, 2.24) is 0 Å². The van der Waals surface area contributed by atoms with Gasteiger partial charge in [-0.2, -0.15) is 0 Å². The molecule has 0 bridgehead atoms. The molecule has 1 aromatic rings. The number of benzene rings is 1. The van der Waals surface area contributed by atoms with Crippen molar-refractivity contribution in [2.45, 2.75) is 0 Å². The molecular formula is C8H6F3NO2. The van der Waals surface area contributed by atoms with E-state index in [-0.39, 0.29) is 0 Å². The van der Waals surface area contributed by atoms with Gasteiger partial charge in [-0.25, -0.2) is 13.2 Å². The standard InChI is InChI=1S/C8H6F3NO2/c9-4-1-5(10)8(6(11)2-4)14-7(13)3-12/h1-2H,3,12H2. The van der Waals surface area contributed by atoms with Gasteiger partial charge in [0.15, 0.2) is 11.6 Å². The van der Waals surface area contributed by atoms with Crippen LogP contribution in [-0.4, -0.2) is 12.5 Å². The van der Waals surface area contributed by atoms with Crippen molar-refractivity contribution < 1.29 is 22.7 Å². The molecule has 0 unspecified atom stereocenters. The van der Waals surface area contributed by atoms with Gasteiger partial charge in [-0.3, -0.25) is 4.79 Å². The fraction of sp³-hybridized carbons (Fsp3) is 0.125. The maximum Gasteiger partial charge on any atom is 0.325 e. The summed E-state index contributed by atoms with van der Waals surface area (Å²) in [5, 5.41) is 0. The van der Waals surface area contributed by atoms with Crippen LogP contribution in [0.2, 0.25) is 0 Å². The maximum absolute atomic E-state index is 12.8. The molecule has 14 heavy (non-hydrogen) atoms. The zero-order valence-electron chi connectivity index (χ0n) is 6.89. The average molecular weight is 205 g/mol. The highest BCUT2D eigenvalue weighted by atomic mass is 19.1. The molecule has 0 radical (unpaired) electrons. The van der Waals surface area contributed by atoms with Gasteiger partial charge >= 0.3 is 5.97 Å². The summed E-state index contributed by atoms with van der Waals surface area (Å²) in [4.78, 5) is 10.6. The minimum absolute atomic E-state index is 0.405. The van der Waals surface area contributed by atoms with Crippen molar-refractivity contribution in [2.24, 2.45) is 5.73 Å². The highest BCUT2D eigenvalue weighted by Crippen LogP contribution is 2.22. The Kier molecular flexibility index (Phi) is 3.08. The largest absolute Gasteiger partial charge is 0.419 e. The minimum Gasteiger partial charge on any atom is -0.419 e. The van der Waals surface area contributed by atoms with Gasteiger partial charge in [-0.1, -0.05) is 0 Å². The lowest BCUT2D eigenvalue weighted by Crippen LogP contribution is -2.20. The van der Waals surface area contributed by atoms with Crippen LogP contribution in [0, 0.1) is 17.5 Å². The molecule has 3 nitrogen and oxygen atoms in total. The lowest BCUT2D eigenvalue weighted by atomic mass is 10.3. The molecule has 1 aromatic carbocycles. The number of carbonyl (C=O) groups excluding carboxylic acids is 1. The van der Waals surface area contributed by atoms with Crippen molar-refractivity contribution in [3.05, 3.63) is 29.6 Å². The van der Waals surface area contributed by atoms with E-state index in [1.54, 1.807) is 0 Å². The van der Waals surface area contributed by atoms with Crippen molar-refractivity contribution >= 4 is 5.97 Å². The summed E-state index contributed by atoms with van der Waals surface area (Å²) in [5.41, 5.74) is 4.86. The molecule has 0 fully saturated rings. The summed E-state index contributed by atoms with van der Waals surface area (Å²) < 4.78 is 42.2. The second-order valence-corrected chi connectivity index (χ2v) is 2.38. The van der Waals surface area contributed by atoms with Gasteiger partial charge in [-0.05, 0) is 0 Å². The Balaban J connectivity index is 3.02. The molecule has 0 aliphatic carbocycles. The molecular weight excluding hydrogens is 199 g/mol. The monoisotopic (exact) mass is 205 g/mol. The lowest BCUT2D eigenvalue weighted by Gasteiger charge is -2.04. The summed E-state index contributed by atoms with van der Waals surface area (Å²) in [6.45, 7) is -0.518. The smallest absolute Gasteiger partial charge is 0.325 e. The molecule has 0 aliphatic rings. The highest BCUT2D eigenvalue weighted by molar-refractivity contribution is 5.74. The summed E-state index contributed by atoms with van der Waals surface area (Å²) >= 11 is 0. The predicted octanol–water partition coefficient (Wildman–Crippen LogP) is 0.968. The van der Waals surface area contributed by atoms with Crippen LogP contribution >= 0.6 is 0 Å². The van der Waals surface area contributed by atoms with Gasteiger partial charge in [0, 0.05) is 12.1 Å². The topological polar surface area (TPSA) is 52.3 Å². The Bertz CT molecular complexity index is 345. The molecule has 1 rings (SSSR count). The molecule has 0 saturated heterocycles. The van der Waals surface area contributed by atoms with E-state index in [4.69, 9.17) is 5.73 Å². The molecule has 0 aliphatic heterocycles.